The third-order valence-electron chi connectivity index (χ3n) is 4.74. The van der Waals surface area contributed by atoms with E-state index in [-0.39, 0.29) is 0 Å². The maximum absolute atomic E-state index is 13.0. The molecule has 31 heavy (non-hydrogen) atoms. The van der Waals surface area contributed by atoms with Crippen LogP contribution in [0.2, 0.25) is 0 Å². The summed E-state index contributed by atoms with van der Waals surface area (Å²) in [5.74, 6) is 1.53. The van der Waals surface area contributed by atoms with Gasteiger partial charge >= 0.3 is 6.18 Å². The minimum absolute atomic E-state index is 0.340. The summed E-state index contributed by atoms with van der Waals surface area (Å²) in [6, 6.07) is 20.2. The van der Waals surface area contributed by atoms with Crippen molar-refractivity contribution in [3.8, 4) is 34.1 Å². The van der Waals surface area contributed by atoms with Gasteiger partial charge in [-0.25, -0.2) is 4.98 Å². The Kier molecular flexibility index (Phi) is 5.66. The second-order valence-electron chi connectivity index (χ2n) is 6.85. The summed E-state index contributed by atoms with van der Waals surface area (Å²) < 4.78 is 50.3. The third-order valence-corrected chi connectivity index (χ3v) is 4.74. The van der Waals surface area contributed by atoms with E-state index in [1.807, 2.05) is 36.4 Å². The number of nitrogens with one attached hydrogen (secondary N) is 1. The summed E-state index contributed by atoms with van der Waals surface area (Å²) in [7, 11) is 1.54. The van der Waals surface area contributed by atoms with E-state index in [1.165, 1.54) is 6.07 Å². The smallest absolute Gasteiger partial charge is 0.416 e. The van der Waals surface area contributed by atoms with E-state index in [0.717, 1.165) is 17.7 Å². The number of H-pyrrole nitrogens is 1. The quantitative estimate of drug-likeness (QED) is 0.392. The molecule has 0 saturated heterocycles. The molecule has 0 bridgehead atoms. The van der Waals surface area contributed by atoms with E-state index in [1.54, 1.807) is 31.5 Å². The second-order valence-corrected chi connectivity index (χ2v) is 6.85. The summed E-state index contributed by atoms with van der Waals surface area (Å²) >= 11 is 0. The lowest BCUT2D eigenvalue weighted by Gasteiger charge is -2.11. The fourth-order valence-corrected chi connectivity index (χ4v) is 3.16. The zero-order chi connectivity index (χ0) is 21.8. The molecule has 0 aliphatic rings. The summed E-state index contributed by atoms with van der Waals surface area (Å²) in [4.78, 5) is 7.41. The molecule has 4 nitrogen and oxygen atoms in total. The molecule has 0 amide bonds. The number of hydrogen-bond donors (Lipinski definition) is 1. The number of halogens is 3. The summed E-state index contributed by atoms with van der Waals surface area (Å²) in [6.45, 7) is 0.422. The van der Waals surface area contributed by atoms with Crippen molar-refractivity contribution >= 4 is 0 Å². The number of aromatic nitrogens is 2. The van der Waals surface area contributed by atoms with Crippen LogP contribution in [0, 0.1) is 0 Å². The lowest BCUT2D eigenvalue weighted by molar-refractivity contribution is -0.137. The van der Waals surface area contributed by atoms with E-state index >= 15 is 0 Å². The Morgan fingerprint density at radius 3 is 2.48 bits per heavy atom. The van der Waals surface area contributed by atoms with Crippen molar-refractivity contribution in [2.45, 2.75) is 12.8 Å². The fraction of sp³-hybridized carbons (Fsp3) is 0.125. The number of nitrogens with zero attached hydrogens (tertiary/aromatic N) is 1. The standard InChI is InChI=1S/C24H19F3N2O2/c1-30-22-13-19(31-15-16-6-3-2-4-7-16)10-11-20(22)21-14-28-23(29-21)17-8-5-9-18(12-17)24(25,26)27/h2-14H,15H2,1H3,(H,28,29). The lowest BCUT2D eigenvalue weighted by atomic mass is 10.1. The van der Waals surface area contributed by atoms with Gasteiger partial charge < -0.3 is 14.5 Å². The molecule has 7 heteroatoms. The molecule has 0 aliphatic carbocycles. The van der Waals surface area contributed by atoms with Gasteiger partial charge in [0, 0.05) is 23.4 Å². The maximum atomic E-state index is 13.0. The Balaban J connectivity index is 1.57. The molecule has 0 aliphatic heterocycles. The van der Waals surface area contributed by atoms with Crippen LogP contribution in [0.1, 0.15) is 11.1 Å². The number of alkyl halides is 3. The monoisotopic (exact) mass is 424 g/mol. The number of ether oxygens (including phenoxy) is 2. The number of aromatic amines is 1. The van der Waals surface area contributed by atoms with Crippen molar-refractivity contribution in [1.29, 1.82) is 0 Å². The Bertz CT molecular complexity index is 1170. The average molecular weight is 424 g/mol. The first-order valence-electron chi connectivity index (χ1n) is 9.52. The number of hydrogen-bond acceptors (Lipinski definition) is 3. The van der Waals surface area contributed by atoms with Crippen LogP contribution < -0.4 is 9.47 Å². The van der Waals surface area contributed by atoms with Gasteiger partial charge in [0.2, 0.25) is 0 Å². The minimum atomic E-state index is -4.41. The van der Waals surface area contributed by atoms with Gasteiger partial charge in [-0.05, 0) is 29.8 Å². The Hall–Kier alpha value is -3.74. The SMILES string of the molecule is COc1cc(OCc2ccccc2)ccc1-c1c[nH]c(-c2cccc(C(F)(F)F)c2)n1. The second kappa shape index (κ2) is 8.55. The molecule has 1 N–H and O–H groups in total. The number of benzene rings is 3. The Morgan fingerprint density at radius 2 is 1.74 bits per heavy atom. The molecule has 4 rings (SSSR count). The van der Waals surface area contributed by atoms with Crippen LogP contribution in [0.15, 0.2) is 79.0 Å². The molecular formula is C24H19F3N2O2. The third kappa shape index (κ3) is 4.71. The van der Waals surface area contributed by atoms with E-state index in [2.05, 4.69) is 9.97 Å². The summed E-state index contributed by atoms with van der Waals surface area (Å²) in [5.41, 5.74) is 1.93. The Morgan fingerprint density at radius 1 is 0.935 bits per heavy atom. The highest BCUT2D eigenvalue weighted by atomic mass is 19.4. The highest BCUT2D eigenvalue weighted by Gasteiger charge is 2.30. The summed E-state index contributed by atoms with van der Waals surface area (Å²) in [6.07, 6.45) is -2.78. The van der Waals surface area contributed by atoms with Crippen molar-refractivity contribution in [1.82, 2.24) is 9.97 Å². The number of rotatable bonds is 6. The van der Waals surface area contributed by atoms with Gasteiger partial charge in [-0.15, -0.1) is 0 Å². The Labute approximate surface area is 177 Å². The van der Waals surface area contributed by atoms with Gasteiger partial charge in [-0.3, -0.25) is 0 Å². The molecule has 0 atom stereocenters. The molecule has 3 aromatic carbocycles. The minimum Gasteiger partial charge on any atom is -0.496 e. The molecule has 0 unspecified atom stereocenters. The number of methoxy groups -OCH3 is 1. The molecule has 4 aromatic rings. The predicted molar refractivity (Wildman–Crippen MR) is 112 cm³/mol. The lowest BCUT2D eigenvalue weighted by Crippen LogP contribution is -2.04. The average Bonchev–Trinajstić information content (AvgIpc) is 3.28. The maximum Gasteiger partial charge on any atom is 0.416 e. The van der Waals surface area contributed by atoms with Gasteiger partial charge in [0.05, 0.1) is 18.4 Å². The van der Waals surface area contributed by atoms with Gasteiger partial charge in [0.1, 0.15) is 23.9 Å². The van der Waals surface area contributed by atoms with Crippen LogP contribution in [0.4, 0.5) is 13.2 Å². The van der Waals surface area contributed by atoms with Crippen molar-refractivity contribution in [3.05, 3.63) is 90.1 Å². The van der Waals surface area contributed by atoms with Crippen molar-refractivity contribution in [2.24, 2.45) is 0 Å². The van der Waals surface area contributed by atoms with E-state index in [9.17, 15) is 13.2 Å². The predicted octanol–water partition coefficient (Wildman–Crippen LogP) is 6.35. The fourth-order valence-electron chi connectivity index (χ4n) is 3.16. The van der Waals surface area contributed by atoms with Crippen LogP contribution in [0.3, 0.4) is 0 Å². The topological polar surface area (TPSA) is 47.1 Å². The van der Waals surface area contributed by atoms with Crippen LogP contribution in [-0.4, -0.2) is 17.1 Å². The van der Waals surface area contributed by atoms with E-state index < -0.39 is 11.7 Å². The van der Waals surface area contributed by atoms with Crippen LogP contribution >= 0.6 is 0 Å². The van der Waals surface area contributed by atoms with E-state index in [4.69, 9.17) is 9.47 Å². The highest BCUT2D eigenvalue weighted by molar-refractivity contribution is 5.71. The van der Waals surface area contributed by atoms with E-state index in [0.29, 0.717) is 40.8 Å². The molecule has 0 radical (unpaired) electrons. The van der Waals surface area contributed by atoms with Crippen LogP contribution in [0.25, 0.3) is 22.6 Å². The van der Waals surface area contributed by atoms with Crippen molar-refractivity contribution in [3.63, 3.8) is 0 Å². The first-order valence-corrected chi connectivity index (χ1v) is 9.52. The molecule has 0 fully saturated rings. The van der Waals surface area contributed by atoms with Crippen molar-refractivity contribution in [2.75, 3.05) is 7.11 Å². The first-order chi connectivity index (χ1) is 14.9. The first kappa shape index (κ1) is 20.5. The molecular weight excluding hydrogens is 405 g/mol. The van der Waals surface area contributed by atoms with Crippen molar-refractivity contribution < 1.29 is 22.6 Å². The molecule has 0 spiro atoms. The van der Waals surface area contributed by atoms with Gasteiger partial charge in [-0.1, -0.05) is 42.5 Å². The molecule has 158 valence electrons. The largest absolute Gasteiger partial charge is 0.496 e. The normalized spacial score (nSPS) is 11.4. The summed E-state index contributed by atoms with van der Waals surface area (Å²) in [5, 5.41) is 0. The zero-order valence-electron chi connectivity index (χ0n) is 16.6. The molecule has 0 saturated carbocycles. The molecule has 1 heterocycles. The van der Waals surface area contributed by atoms with Gasteiger partial charge in [-0.2, -0.15) is 13.2 Å². The number of imidazole rings is 1. The highest BCUT2D eigenvalue weighted by Crippen LogP contribution is 2.35. The van der Waals surface area contributed by atoms with Gasteiger partial charge in [0.15, 0.2) is 0 Å². The van der Waals surface area contributed by atoms with Crippen LogP contribution in [-0.2, 0) is 12.8 Å². The molecule has 1 aromatic heterocycles. The zero-order valence-corrected chi connectivity index (χ0v) is 16.6. The van der Waals surface area contributed by atoms with Gasteiger partial charge in [0.25, 0.3) is 0 Å². The van der Waals surface area contributed by atoms with Crippen LogP contribution in [0.5, 0.6) is 11.5 Å².